The van der Waals surface area contributed by atoms with Crippen LogP contribution in [0, 0.1) is 5.92 Å². The zero-order valence-electron chi connectivity index (χ0n) is 22.8. The molecule has 0 radical (unpaired) electrons. The van der Waals surface area contributed by atoms with Crippen LogP contribution in [-0.2, 0) is 14.3 Å². The molecule has 1 aliphatic carbocycles. The summed E-state index contributed by atoms with van der Waals surface area (Å²) >= 11 is 12.8. The number of unbranched alkanes of at least 4 members (excludes halogenated alkanes) is 2. The van der Waals surface area contributed by atoms with Crippen LogP contribution >= 0.6 is 23.2 Å². The second-order valence-electron chi connectivity index (χ2n) is 10.1. The van der Waals surface area contributed by atoms with Gasteiger partial charge in [-0.1, -0.05) is 105 Å². The molecule has 206 valence electrons. The van der Waals surface area contributed by atoms with Gasteiger partial charge in [-0.25, -0.2) is 0 Å². The zero-order valence-corrected chi connectivity index (χ0v) is 24.3. The Morgan fingerprint density at radius 2 is 1.72 bits per heavy atom. The molecule has 2 aliphatic rings. The number of hydrogen-bond acceptors (Lipinski definition) is 4. The average Bonchev–Trinajstić information content (AvgIpc) is 3.28. The first-order chi connectivity index (χ1) is 18.9. The number of benzene rings is 2. The van der Waals surface area contributed by atoms with Crippen LogP contribution in [0.5, 0.6) is 0 Å². The fourth-order valence-corrected chi connectivity index (χ4v) is 5.92. The molecule has 3 atom stereocenters. The average molecular weight is 568 g/mol. The number of rotatable bonds is 11. The molecule has 1 aliphatic heterocycles. The number of hydrogen-bond donors (Lipinski definition) is 0. The number of amides is 1. The largest absolute Gasteiger partial charge is 0.469 e. The van der Waals surface area contributed by atoms with Gasteiger partial charge < -0.3 is 9.64 Å². The van der Waals surface area contributed by atoms with Crippen LogP contribution in [0.4, 0.5) is 0 Å². The van der Waals surface area contributed by atoms with Crippen LogP contribution in [-0.4, -0.2) is 41.8 Å². The number of carbonyl (C=O) groups is 2. The topological polar surface area (TPSA) is 59.0 Å². The van der Waals surface area contributed by atoms with Crippen molar-refractivity contribution in [2.24, 2.45) is 10.9 Å². The Labute approximate surface area is 241 Å². The van der Waals surface area contributed by atoms with Crippen LogP contribution in [0.2, 0.25) is 10.0 Å². The summed E-state index contributed by atoms with van der Waals surface area (Å²) in [6.07, 6.45) is 12.0. The molecule has 5 nitrogen and oxygen atoms in total. The van der Waals surface area contributed by atoms with E-state index in [4.69, 9.17) is 32.9 Å². The fraction of sp³-hybridized carbons (Fsp3) is 0.406. The molecule has 0 saturated carbocycles. The highest BCUT2D eigenvalue weighted by Gasteiger charge is 2.40. The quantitative estimate of drug-likeness (QED) is 0.258. The highest BCUT2D eigenvalue weighted by molar-refractivity contribution is 6.46. The summed E-state index contributed by atoms with van der Waals surface area (Å²) in [6.45, 7) is 4.31. The lowest BCUT2D eigenvalue weighted by atomic mass is 9.89. The first-order valence-electron chi connectivity index (χ1n) is 13.8. The number of carbonyl (C=O) groups excluding carboxylic acids is 2. The van der Waals surface area contributed by atoms with Gasteiger partial charge in [-0.3, -0.25) is 14.6 Å². The molecule has 0 N–H and O–H groups in total. The summed E-state index contributed by atoms with van der Waals surface area (Å²) in [5.41, 5.74) is 4.00. The SMILES string of the molecule is CCCCC1N=C(c2ccc(-c3c(Cl)cccc3Cl)cc2)C(=O)N1[C@H](CCCC)C1=CCC(C(=O)OC)C=C1. The summed E-state index contributed by atoms with van der Waals surface area (Å²) in [7, 11) is 1.41. The Morgan fingerprint density at radius 1 is 1.05 bits per heavy atom. The van der Waals surface area contributed by atoms with Crippen molar-refractivity contribution in [2.75, 3.05) is 7.11 Å². The molecular formula is C32H36Cl2N2O3. The van der Waals surface area contributed by atoms with Crippen molar-refractivity contribution in [3.63, 3.8) is 0 Å². The smallest absolute Gasteiger partial charge is 0.312 e. The Kier molecular flexibility index (Phi) is 10.0. The maximum Gasteiger partial charge on any atom is 0.312 e. The van der Waals surface area contributed by atoms with Crippen molar-refractivity contribution in [1.82, 2.24) is 4.90 Å². The van der Waals surface area contributed by atoms with Crippen molar-refractivity contribution in [3.05, 3.63) is 81.9 Å². The normalized spacial score (nSPS) is 19.6. The molecule has 2 aromatic rings. The molecule has 0 saturated heterocycles. The standard InChI is InChI=1S/C32H36Cl2N2O3/c1-4-6-11-27(21-13-19-24(20-14-21)32(38)39-3)36-28(12-7-5-2)35-30(31(36)37)23-17-15-22(16-18-23)29-25(33)9-8-10-26(29)34/h8-10,13-19,24,27-28H,4-7,11-12,20H2,1-3H3/t24?,27-,28?/m1/s1. The van der Waals surface area contributed by atoms with Gasteiger partial charge >= 0.3 is 5.97 Å². The van der Waals surface area contributed by atoms with Gasteiger partial charge in [-0.15, -0.1) is 0 Å². The second-order valence-corrected chi connectivity index (χ2v) is 10.9. The minimum Gasteiger partial charge on any atom is -0.469 e. The lowest BCUT2D eigenvalue weighted by Crippen LogP contribution is -2.45. The lowest BCUT2D eigenvalue weighted by Gasteiger charge is -2.34. The van der Waals surface area contributed by atoms with Gasteiger partial charge in [0, 0.05) is 21.2 Å². The van der Waals surface area contributed by atoms with E-state index in [1.165, 1.54) is 7.11 Å². The monoisotopic (exact) mass is 566 g/mol. The number of nitrogens with zero attached hydrogens (tertiary/aromatic N) is 2. The minimum absolute atomic E-state index is 0.0508. The van der Waals surface area contributed by atoms with Crippen molar-refractivity contribution in [2.45, 2.75) is 71.0 Å². The zero-order chi connectivity index (χ0) is 27.9. The summed E-state index contributed by atoms with van der Waals surface area (Å²) in [5, 5.41) is 1.16. The Hall–Kier alpha value is -2.89. The third-order valence-corrected chi connectivity index (χ3v) is 8.08. The third kappa shape index (κ3) is 6.47. The molecule has 0 bridgehead atoms. The number of allylic oxidation sites excluding steroid dienone is 1. The van der Waals surface area contributed by atoms with E-state index in [1.807, 2.05) is 59.5 Å². The van der Waals surface area contributed by atoms with Crippen LogP contribution in [0.15, 0.2) is 71.3 Å². The predicted molar refractivity (Wildman–Crippen MR) is 159 cm³/mol. The number of methoxy groups -OCH3 is 1. The van der Waals surface area contributed by atoms with Gasteiger partial charge in [0.05, 0.1) is 19.1 Å². The second kappa shape index (κ2) is 13.5. The molecule has 2 aromatic carbocycles. The van der Waals surface area contributed by atoms with Crippen LogP contribution in [0.1, 0.15) is 64.4 Å². The van der Waals surface area contributed by atoms with E-state index in [2.05, 4.69) is 19.9 Å². The minimum atomic E-state index is -0.285. The molecule has 0 fully saturated rings. The Bertz CT molecular complexity index is 1260. The molecule has 2 unspecified atom stereocenters. The summed E-state index contributed by atoms with van der Waals surface area (Å²) in [4.78, 5) is 33.1. The highest BCUT2D eigenvalue weighted by atomic mass is 35.5. The number of aliphatic imine (C=N–C) groups is 1. The van der Waals surface area contributed by atoms with Gasteiger partial charge in [0.15, 0.2) is 0 Å². The van der Waals surface area contributed by atoms with E-state index in [-0.39, 0.29) is 30.0 Å². The van der Waals surface area contributed by atoms with E-state index < -0.39 is 0 Å². The predicted octanol–water partition coefficient (Wildman–Crippen LogP) is 8.04. The molecule has 4 rings (SSSR count). The molecule has 1 amide bonds. The first-order valence-corrected chi connectivity index (χ1v) is 14.6. The Balaban J connectivity index is 1.64. The molecular weight excluding hydrogens is 531 g/mol. The van der Waals surface area contributed by atoms with Crippen LogP contribution in [0.25, 0.3) is 11.1 Å². The number of esters is 1. The van der Waals surface area contributed by atoms with E-state index in [1.54, 1.807) is 0 Å². The van der Waals surface area contributed by atoms with Gasteiger partial charge in [0.2, 0.25) is 0 Å². The van der Waals surface area contributed by atoms with E-state index in [0.717, 1.165) is 60.8 Å². The van der Waals surface area contributed by atoms with E-state index in [0.29, 0.717) is 22.2 Å². The molecule has 39 heavy (non-hydrogen) atoms. The highest BCUT2D eigenvalue weighted by Crippen LogP contribution is 2.36. The maximum atomic E-state index is 14.0. The van der Waals surface area contributed by atoms with Crippen molar-refractivity contribution in [1.29, 1.82) is 0 Å². The molecule has 0 aromatic heterocycles. The van der Waals surface area contributed by atoms with E-state index >= 15 is 0 Å². The molecule has 1 heterocycles. The number of ether oxygens (including phenoxy) is 1. The summed E-state index contributed by atoms with van der Waals surface area (Å²) in [5.74, 6) is -0.574. The Morgan fingerprint density at radius 3 is 2.31 bits per heavy atom. The van der Waals surface area contributed by atoms with Crippen LogP contribution < -0.4 is 0 Å². The maximum absolute atomic E-state index is 14.0. The van der Waals surface area contributed by atoms with Gasteiger partial charge in [0.25, 0.3) is 5.91 Å². The summed E-state index contributed by atoms with van der Waals surface area (Å²) < 4.78 is 4.92. The van der Waals surface area contributed by atoms with Crippen molar-refractivity contribution in [3.8, 4) is 11.1 Å². The fourth-order valence-electron chi connectivity index (χ4n) is 5.30. The first kappa shape index (κ1) is 29.1. The van der Waals surface area contributed by atoms with E-state index in [9.17, 15) is 9.59 Å². The lowest BCUT2D eigenvalue weighted by molar-refractivity contribution is -0.143. The summed E-state index contributed by atoms with van der Waals surface area (Å²) in [6, 6.07) is 13.1. The van der Waals surface area contributed by atoms with Gasteiger partial charge in [-0.2, -0.15) is 0 Å². The molecule has 7 heteroatoms. The van der Waals surface area contributed by atoms with Crippen molar-refractivity contribution < 1.29 is 14.3 Å². The van der Waals surface area contributed by atoms with Gasteiger partial charge in [-0.05, 0) is 49.0 Å². The number of halogens is 2. The van der Waals surface area contributed by atoms with Crippen LogP contribution in [0.3, 0.4) is 0 Å². The van der Waals surface area contributed by atoms with Crippen molar-refractivity contribution >= 4 is 40.8 Å². The van der Waals surface area contributed by atoms with Gasteiger partial charge in [0.1, 0.15) is 11.9 Å². The molecule has 0 spiro atoms. The third-order valence-electron chi connectivity index (χ3n) is 7.45.